The van der Waals surface area contributed by atoms with E-state index in [1.165, 1.54) is 12.8 Å². The molecule has 0 aromatic rings. The Balaban J connectivity index is 0.00000162. The van der Waals surface area contributed by atoms with Gasteiger partial charge in [-0.2, -0.15) is 0 Å². The second kappa shape index (κ2) is 8.99. The monoisotopic (exact) mass is 278 g/mol. The predicted molar refractivity (Wildman–Crippen MR) is 69.3 cm³/mol. The summed E-state index contributed by atoms with van der Waals surface area (Å²) in [7, 11) is 0. The van der Waals surface area contributed by atoms with E-state index in [1.54, 1.807) is 0 Å². The maximum absolute atomic E-state index is 11.8. The molecule has 0 aromatic carbocycles. The summed E-state index contributed by atoms with van der Waals surface area (Å²) >= 11 is 0. The minimum absolute atomic E-state index is 0. The van der Waals surface area contributed by atoms with Crippen molar-refractivity contribution in [2.45, 2.75) is 64.2 Å². The first-order valence-corrected chi connectivity index (χ1v) is 7.03. The smallest absolute Gasteiger partial charge is 0.316 e. The molecule has 0 radical (unpaired) electrons. The van der Waals surface area contributed by atoms with Crippen LogP contribution in [0.2, 0.25) is 0 Å². The van der Waals surface area contributed by atoms with Crippen LogP contribution in [0.5, 0.6) is 0 Å². The lowest BCUT2D eigenvalue weighted by Gasteiger charge is -2.22. The molecule has 0 saturated heterocycles. The second-order valence-corrected chi connectivity index (χ2v) is 5.41. The molecule has 0 unspecified atom stereocenters. The molecular weight excluding hydrogens is 254 g/mol. The average molecular weight is 278 g/mol. The van der Waals surface area contributed by atoms with Crippen molar-refractivity contribution in [2.75, 3.05) is 0 Å². The number of carbonyl (C=O) groups excluding carboxylic acids is 2. The molecule has 2 saturated carbocycles. The van der Waals surface area contributed by atoms with E-state index in [2.05, 4.69) is 0 Å². The zero-order chi connectivity index (χ0) is 12.1. The van der Waals surface area contributed by atoms with Crippen molar-refractivity contribution in [3.8, 4) is 0 Å². The summed E-state index contributed by atoms with van der Waals surface area (Å²) in [5.41, 5.74) is 0. The molecule has 2 rings (SSSR count). The van der Waals surface area contributed by atoms with Gasteiger partial charge >= 0.3 is 11.9 Å². The molecule has 0 bridgehead atoms. The first kappa shape index (κ1) is 18.0. The Morgan fingerprint density at radius 2 is 0.947 bits per heavy atom. The van der Waals surface area contributed by atoms with Gasteiger partial charge in [-0.1, -0.05) is 38.5 Å². The van der Waals surface area contributed by atoms with Gasteiger partial charge in [0, 0.05) is 0 Å². The Hall–Kier alpha value is -1.00. The third-order valence-corrected chi connectivity index (χ3v) is 4.08. The Morgan fingerprint density at radius 3 is 1.26 bits per heavy atom. The minimum Gasteiger partial charge on any atom is -0.393 e. The van der Waals surface area contributed by atoms with Crippen LogP contribution in [-0.2, 0) is 14.3 Å². The van der Waals surface area contributed by atoms with Crippen molar-refractivity contribution in [3.63, 3.8) is 0 Å². The minimum atomic E-state index is -0.264. The van der Waals surface area contributed by atoms with Crippen molar-refractivity contribution >= 4 is 11.9 Å². The van der Waals surface area contributed by atoms with Gasteiger partial charge in [0.15, 0.2) is 0 Å². The van der Waals surface area contributed by atoms with E-state index in [0.717, 1.165) is 51.4 Å². The molecule has 2 fully saturated rings. The van der Waals surface area contributed by atoms with Crippen LogP contribution >= 0.6 is 0 Å². The van der Waals surface area contributed by atoms with Crippen LogP contribution in [0.25, 0.3) is 0 Å². The van der Waals surface area contributed by atoms with Crippen LogP contribution in [0.4, 0.5) is 9.41 Å². The van der Waals surface area contributed by atoms with Crippen molar-refractivity contribution in [1.29, 1.82) is 0 Å². The van der Waals surface area contributed by atoms with Gasteiger partial charge in [-0.15, -0.1) is 0 Å². The molecule has 0 N–H and O–H groups in total. The largest absolute Gasteiger partial charge is 0.393 e. The van der Waals surface area contributed by atoms with E-state index < -0.39 is 0 Å². The molecule has 2 aliphatic rings. The van der Waals surface area contributed by atoms with Crippen LogP contribution in [0.3, 0.4) is 0 Å². The van der Waals surface area contributed by atoms with Crippen LogP contribution in [0.15, 0.2) is 0 Å². The fourth-order valence-corrected chi connectivity index (χ4v) is 2.94. The third kappa shape index (κ3) is 5.25. The maximum atomic E-state index is 11.8. The Labute approximate surface area is 112 Å². The summed E-state index contributed by atoms with van der Waals surface area (Å²) in [4.78, 5) is 23.6. The number of esters is 2. The fraction of sp³-hybridized carbons (Fsp3) is 0.857. The Kier molecular flexibility index (Phi) is 8.52. The summed E-state index contributed by atoms with van der Waals surface area (Å²) in [6.07, 6.45) is 10.4. The Bertz CT molecular complexity index is 254. The lowest BCUT2D eigenvalue weighted by Crippen LogP contribution is -2.28. The van der Waals surface area contributed by atoms with Crippen LogP contribution in [-0.4, -0.2) is 11.9 Å². The highest BCUT2D eigenvalue weighted by molar-refractivity contribution is 5.87. The molecule has 0 amide bonds. The quantitative estimate of drug-likeness (QED) is 0.573. The Morgan fingerprint density at radius 1 is 0.632 bits per heavy atom. The van der Waals surface area contributed by atoms with E-state index in [4.69, 9.17) is 4.74 Å². The molecule has 112 valence electrons. The first-order chi connectivity index (χ1) is 8.27. The van der Waals surface area contributed by atoms with Crippen molar-refractivity contribution in [1.82, 2.24) is 0 Å². The second-order valence-electron chi connectivity index (χ2n) is 5.41. The van der Waals surface area contributed by atoms with E-state index in [9.17, 15) is 9.59 Å². The average Bonchev–Trinajstić information content (AvgIpc) is 2.40. The zero-order valence-corrected chi connectivity index (χ0v) is 11.3. The standard InChI is InChI=1S/C14H22O3.2FH/c15-13(11-7-3-1-4-8-11)17-14(16)12-9-5-2-6-10-12;;/h11-12H,1-10H2;2*1H. The number of ether oxygens (including phenoxy) is 1. The van der Waals surface area contributed by atoms with Crippen molar-refractivity contribution in [2.24, 2.45) is 11.8 Å². The molecular formula is C14H24F2O3. The molecule has 2 aliphatic carbocycles. The lowest BCUT2D eigenvalue weighted by molar-refractivity contribution is -0.166. The summed E-state index contributed by atoms with van der Waals surface area (Å²) < 4.78 is 5.05. The van der Waals surface area contributed by atoms with E-state index in [-0.39, 0.29) is 33.2 Å². The van der Waals surface area contributed by atoms with Gasteiger partial charge in [-0.25, -0.2) is 0 Å². The highest BCUT2D eigenvalue weighted by Crippen LogP contribution is 2.27. The fourth-order valence-electron chi connectivity index (χ4n) is 2.94. The van der Waals surface area contributed by atoms with Gasteiger partial charge in [-0.05, 0) is 25.7 Å². The molecule has 0 spiro atoms. The summed E-state index contributed by atoms with van der Waals surface area (Å²) in [5.74, 6) is -0.562. The number of rotatable bonds is 2. The van der Waals surface area contributed by atoms with E-state index in [0.29, 0.717) is 0 Å². The summed E-state index contributed by atoms with van der Waals surface area (Å²) in [5, 5.41) is 0. The lowest BCUT2D eigenvalue weighted by atomic mass is 9.88. The van der Waals surface area contributed by atoms with Crippen LogP contribution in [0, 0.1) is 11.8 Å². The molecule has 3 nitrogen and oxygen atoms in total. The number of hydrogen-bond donors (Lipinski definition) is 0. The van der Waals surface area contributed by atoms with Crippen LogP contribution < -0.4 is 0 Å². The zero-order valence-electron chi connectivity index (χ0n) is 11.3. The van der Waals surface area contributed by atoms with Crippen molar-refractivity contribution in [3.05, 3.63) is 0 Å². The highest BCUT2D eigenvalue weighted by Gasteiger charge is 2.28. The SMILES string of the molecule is F.F.O=C(OC(=O)C1CCCCC1)C1CCCCC1. The summed E-state index contributed by atoms with van der Waals surface area (Å²) in [6.45, 7) is 0. The van der Waals surface area contributed by atoms with Crippen molar-refractivity contribution < 1.29 is 23.7 Å². The molecule has 0 atom stereocenters. The number of hydrogen-bond acceptors (Lipinski definition) is 3. The van der Waals surface area contributed by atoms with E-state index >= 15 is 0 Å². The van der Waals surface area contributed by atoms with Gasteiger partial charge < -0.3 is 4.74 Å². The first-order valence-electron chi connectivity index (χ1n) is 7.03. The van der Waals surface area contributed by atoms with Gasteiger partial charge in [0.25, 0.3) is 0 Å². The third-order valence-electron chi connectivity index (χ3n) is 4.08. The molecule has 0 heterocycles. The van der Waals surface area contributed by atoms with Gasteiger partial charge in [0.2, 0.25) is 0 Å². The predicted octanol–water partition coefficient (Wildman–Crippen LogP) is 3.52. The topological polar surface area (TPSA) is 43.4 Å². The maximum Gasteiger partial charge on any atom is 0.316 e. The van der Waals surface area contributed by atoms with E-state index in [1.807, 2.05) is 0 Å². The number of halogens is 2. The molecule has 0 aromatic heterocycles. The van der Waals surface area contributed by atoms with Gasteiger partial charge in [-0.3, -0.25) is 19.0 Å². The summed E-state index contributed by atoms with van der Waals surface area (Å²) in [6, 6.07) is 0. The number of carbonyl (C=O) groups is 2. The van der Waals surface area contributed by atoms with Gasteiger partial charge in [0.1, 0.15) is 0 Å². The highest BCUT2D eigenvalue weighted by atomic mass is 19.0. The van der Waals surface area contributed by atoms with Crippen LogP contribution in [0.1, 0.15) is 64.2 Å². The molecule has 5 heteroatoms. The van der Waals surface area contributed by atoms with Gasteiger partial charge in [0.05, 0.1) is 11.8 Å². The normalized spacial score (nSPS) is 20.8. The molecule has 0 aliphatic heterocycles. The molecule has 19 heavy (non-hydrogen) atoms.